The summed E-state index contributed by atoms with van der Waals surface area (Å²) in [7, 11) is 0. The van der Waals surface area contributed by atoms with Gasteiger partial charge in [0, 0.05) is 21.4 Å². The van der Waals surface area contributed by atoms with Gasteiger partial charge in [-0.25, -0.2) is 4.98 Å². The fourth-order valence-corrected chi connectivity index (χ4v) is 4.65. The molecular weight excluding hydrogens is 366 g/mol. The molecule has 26 heavy (non-hydrogen) atoms. The Hall–Kier alpha value is -2.77. The second kappa shape index (κ2) is 6.51. The summed E-state index contributed by atoms with van der Waals surface area (Å²) in [5.74, 6) is -0.118. The Morgan fingerprint density at radius 1 is 1.15 bits per heavy atom. The van der Waals surface area contributed by atoms with E-state index in [2.05, 4.69) is 0 Å². The van der Waals surface area contributed by atoms with Crippen LogP contribution in [0, 0.1) is 0 Å². The number of aromatic nitrogens is 2. The normalized spacial score (nSPS) is 12.3. The van der Waals surface area contributed by atoms with Crippen molar-refractivity contribution in [2.24, 2.45) is 5.73 Å². The van der Waals surface area contributed by atoms with Crippen LogP contribution in [0.25, 0.3) is 32.0 Å². The van der Waals surface area contributed by atoms with Crippen molar-refractivity contribution in [3.63, 3.8) is 0 Å². The van der Waals surface area contributed by atoms with Crippen molar-refractivity contribution in [2.45, 2.75) is 13.0 Å². The molecular formula is C19H15N3O2S2. The lowest BCUT2D eigenvalue weighted by Crippen LogP contribution is -2.33. The van der Waals surface area contributed by atoms with Gasteiger partial charge in [0.2, 0.25) is 5.91 Å². The van der Waals surface area contributed by atoms with E-state index >= 15 is 0 Å². The highest BCUT2D eigenvalue weighted by Crippen LogP contribution is 2.35. The number of carbonyl (C=O) groups excluding carboxylic acids is 1. The van der Waals surface area contributed by atoms with Crippen molar-refractivity contribution in [1.82, 2.24) is 9.55 Å². The molecule has 0 aliphatic carbocycles. The molecule has 0 saturated heterocycles. The number of amides is 1. The molecule has 3 aromatic heterocycles. The first-order valence-electron chi connectivity index (χ1n) is 8.00. The molecule has 2 N–H and O–H groups in total. The minimum atomic E-state index is -0.800. The average Bonchev–Trinajstić information content (AvgIpc) is 3.31. The molecule has 0 aliphatic rings. The summed E-state index contributed by atoms with van der Waals surface area (Å²) in [6, 6.07) is 12.5. The van der Waals surface area contributed by atoms with Crippen molar-refractivity contribution in [2.75, 3.05) is 0 Å². The molecule has 0 spiro atoms. The van der Waals surface area contributed by atoms with E-state index in [0.717, 1.165) is 16.0 Å². The fraction of sp³-hybridized carbons (Fsp3) is 0.105. The van der Waals surface area contributed by atoms with Gasteiger partial charge < -0.3 is 5.73 Å². The maximum absolute atomic E-state index is 13.4. The summed E-state index contributed by atoms with van der Waals surface area (Å²) in [6.45, 7) is 1.63. The zero-order chi connectivity index (χ0) is 18.3. The van der Waals surface area contributed by atoms with Gasteiger partial charge in [0.1, 0.15) is 16.7 Å². The van der Waals surface area contributed by atoms with Crippen LogP contribution in [0.1, 0.15) is 13.0 Å². The summed E-state index contributed by atoms with van der Waals surface area (Å²) < 4.78 is 1.41. The molecule has 7 heteroatoms. The van der Waals surface area contributed by atoms with Crippen molar-refractivity contribution in [3.8, 4) is 21.8 Å². The van der Waals surface area contributed by atoms with Crippen LogP contribution < -0.4 is 11.3 Å². The number of carbonyl (C=O) groups is 1. The lowest BCUT2D eigenvalue weighted by Gasteiger charge is -2.17. The third-order valence-corrected chi connectivity index (χ3v) is 6.03. The van der Waals surface area contributed by atoms with E-state index < -0.39 is 11.9 Å². The largest absolute Gasteiger partial charge is 0.368 e. The highest BCUT2D eigenvalue weighted by Gasteiger charge is 2.23. The van der Waals surface area contributed by atoms with Crippen molar-refractivity contribution >= 4 is 38.8 Å². The van der Waals surface area contributed by atoms with Gasteiger partial charge in [-0.3, -0.25) is 14.2 Å². The van der Waals surface area contributed by atoms with E-state index in [1.807, 2.05) is 53.2 Å². The molecule has 4 rings (SSSR count). The number of nitrogens with zero attached hydrogens (tertiary/aromatic N) is 2. The quantitative estimate of drug-likeness (QED) is 0.582. The minimum Gasteiger partial charge on any atom is -0.368 e. The standard InChI is InChI=1S/C19H15N3O2S2/c1-11(16(20)23)22-17(12-6-3-2-4-7-12)21-18-15(19(22)24)13(10-26-18)14-8-5-9-25-14/h2-11H,1H3,(H2,20,23). The highest BCUT2D eigenvalue weighted by atomic mass is 32.1. The van der Waals surface area contributed by atoms with Gasteiger partial charge in [0.25, 0.3) is 5.56 Å². The molecule has 1 aromatic carbocycles. The molecule has 1 unspecified atom stereocenters. The molecule has 0 aliphatic heterocycles. The van der Waals surface area contributed by atoms with Gasteiger partial charge in [-0.1, -0.05) is 36.4 Å². The molecule has 0 radical (unpaired) electrons. The zero-order valence-corrected chi connectivity index (χ0v) is 15.5. The van der Waals surface area contributed by atoms with Gasteiger partial charge in [0.05, 0.1) is 5.39 Å². The van der Waals surface area contributed by atoms with Crippen LogP contribution in [-0.4, -0.2) is 15.5 Å². The van der Waals surface area contributed by atoms with Crippen LogP contribution >= 0.6 is 22.7 Å². The van der Waals surface area contributed by atoms with Crippen LogP contribution in [0.3, 0.4) is 0 Å². The second-order valence-electron chi connectivity index (χ2n) is 5.86. The van der Waals surface area contributed by atoms with Gasteiger partial charge in [-0.05, 0) is 18.4 Å². The Bertz CT molecular complexity index is 1140. The maximum atomic E-state index is 13.4. The summed E-state index contributed by atoms with van der Waals surface area (Å²) >= 11 is 2.99. The van der Waals surface area contributed by atoms with Crippen molar-refractivity contribution in [3.05, 3.63) is 63.6 Å². The monoisotopic (exact) mass is 381 g/mol. The molecule has 1 amide bonds. The van der Waals surface area contributed by atoms with Gasteiger partial charge in [-0.15, -0.1) is 22.7 Å². The number of rotatable bonds is 4. The van der Waals surface area contributed by atoms with E-state index in [1.54, 1.807) is 18.3 Å². The van der Waals surface area contributed by atoms with Crippen LogP contribution in [-0.2, 0) is 4.79 Å². The lowest BCUT2D eigenvalue weighted by molar-refractivity contribution is -0.120. The molecule has 0 saturated carbocycles. The molecule has 3 heterocycles. The van der Waals surface area contributed by atoms with Crippen LogP contribution in [0.15, 0.2) is 58.0 Å². The van der Waals surface area contributed by atoms with Crippen LogP contribution in [0.5, 0.6) is 0 Å². The fourth-order valence-electron chi connectivity index (χ4n) is 2.89. The summed E-state index contributed by atoms with van der Waals surface area (Å²) in [5.41, 5.74) is 6.89. The molecule has 5 nitrogen and oxygen atoms in total. The Morgan fingerprint density at radius 3 is 2.58 bits per heavy atom. The Balaban J connectivity index is 2.08. The highest BCUT2D eigenvalue weighted by molar-refractivity contribution is 7.18. The summed E-state index contributed by atoms with van der Waals surface area (Å²) in [6.07, 6.45) is 0. The van der Waals surface area contributed by atoms with E-state index in [-0.39, 0.29) is 5.56 Å². The van der Waals surface area contributed by atoms with Crippen LogP contribution in [0.4, 0.5) is 0 Å². The summed E-state index contributed by atoms with van der Waals surface area (Å²) in [5, 5.41) is 4.44. The van der Waals surface area contributed by atoms with Gasteiger partial charge in [-0.2, -0.15) is 0 Å². The van der Waals surface area contributed by atoms with Gasteiger partial charge >= 0.3 is 0 Å². The first kappa shape index (κ1) is 16.7. The molecule has 4 aromatic rings. The molecule has 130 valence electrons. The second-order valence-corrected chi connectivity index (χ2v) is 7.67. The van der Waals surface area contributed by atoms with E-state index in [4.69, 9.17) is 10.7 Å². The minimum absolute atomic E-state index is 0.246. The zero-order valence-electron chi connectivity index (χ0n) is 13.9. The van der Waals surface area contributed by atoms with Crippen molar-refractivity contribution < 1.29 is 4.79 Å². The SMILES string of the molecule is CC(C(N)=O)n1c(-c2ccccc2)nc2scc(-c3cccs3)c2c1=O. The molecule has 0 fully saturated rings. The van der Waals surface area contributed by atoms with Crippen LogP contribution in [0.2, 0.25) is 0 Å². The number of primary amides is 1. The Labute approximate surface area is 157 Å². The smallest absolute Gasteiger partial charge is 0.263 e. The van der Waals surface area contributed by atoms with E-state index in [1.165, 1.54) is 15.9 Å². The molecule has 0 bridgehead atoms. The number of nitrogens with two attached hydrogens (primary N) is 1. The number of hydrogen-bond acceptors (Lipinski definition) is 5. The number of benzene rings is 1. The Morgan fingerprint density at radius 2 is 1.92 bits per heavy atom. The predicted molar refractivity (Wildman–Crippen MR) is 107 cm³/mol. The van der Waals surface area contributed by atoms with E-state index in [0.29, 0.717) is 16.0 Å². The van der Waals surface area contributed by atoms with Gasteiger partial charge in [0.15, 0.2) is 0 Å². The third-order valence-electron chi connectivity index (χ3n) is 4.26. The lowest BCUT2D eigenvalue weighted by atomic mass is 10.1. The average molecular weight is 381 g/mol. The predicted octanol–water partition coefficient (Wildman–Crippen LogP) is 3.90. The summed E-state index contributed by atoms with van der Waals surface area (Å²) in [4.78, 5) is 31.6. The number of hydrogen-bond donors (Lipinski definition) is 1. The number of fused-ring (bicyclic) bond motifs is 1. The number of thiophene rings is 2. The topological polar surface area (TPSA) is 78.0 Å². The maximum Gasteiger partial charge on any atom is 0.263 e. The van der Waals surface area contributed by atoms with E-state index in [9.17, 15) is 9.59 Å². The molecule has 1 atom stereocenters. The van der Waals surface area contributed by atoms with Crippen molar-refractivity contribution in [1.29, 1.82) is 0 Å². The first-order chi connectivity index (χ1) is 12.6. The Kier molecular flexibility index (Phi) is 4.18. The first-order valence-corrected chi connectivity index (χ1v) is 9.76. The third kappa shape index (κ3) is 2.65.